The van der Waals surface area contributed by atoms with Crippen LogP contribution in [0.3, 0.4) is 0 Å². The lowest BCUT2D eigenvalue weighted by Gasteiger charge is -1.90. The minimum absolute atomic E-state index is 0.972. The summed E-state index contributed by atoms with van der Waals surface area (Å²) in [6.45, 7) is 9.37. The summed E-state index contributed by atoms with van der Waals surface area (Å²) < 4.78 is 0. The maximum absolute atomic E-state index is 3.64. The lowest BCUT2D eigenvalue weighted by atomic mass is 10.2. The Morgan fingerprint density at radius 3 is 2.44 bits per heavy atom. The topological polar surface area (TPSA) is 0 Å². The lowest BCUT2D eigenvalue weighted by molar-refractivity contribution is 1.17. The van der Waals surface area contributed by atoms with Crippen LogP contribution in [-0.4, -0.2) is 0 Å². The van der Waals surface area contributed by atoms with Gasteiger partial charge in [0.1, 0.15) is 0 Å². The van der Waals surface area contributed by atoms with Crippen LogP contribution in [0.1, 0.15) is 19.8 Å². The van der Waals surface area contributed by atoms with Gasteiger partial charge in [0.15, 0.2) is 0 Å². The van der Waals surface area contributed by atoms with Gasteiger partial charge >= 0.3 is 0 Å². The molecule has 0 heterocycles. The van der Waals surface area contributed by atoms with Crippen LogP contribution in [0, 0.1) is 0 Å². The van der Waals surface area contributed by atoms with E-state index in [1.807, 2.05) is 12.2 Å². The number of hydrogen-bond donors (Lipinski definition) is 0. The molecular weight excluding hydrogens is 108 g/mol. The number of allylic oxidation sites excluding steroid dienone is 4. The standard InChI is InChI=1S/C9H14/c1-4-6-8-9(3)7-5-2/h4-5,8H,1-2,6-7H2,3H3/b9-8+. The largest absolute Gasteiger partial charge is 0.103 e. The van der Waals surface area contributed by atoms with Crippen LogP contribution in [0.2, 0.25) is 0 Å². The van der Waals surface area contributed by atoms with E-state index in [0.717, 1.165) is 12.8 Å². The zero-order valence-corrected chi connectivity index (χ0v) is 6.06. The van der Waals surface area contributed by atoms with Crippen LogP contribution >= 0.6 is 0 Å². The summed E-state index contributed by atoms with van der Waals surface area (Å²) >= 11 is 0. The van der Waals surface area contributed by atoms with E-state index in [1.165, 1.54) is 5.57 Å². The lowest BCUT2D eigenvalue weighted by Crippen LogP contribution is -1.70. The molecule has 0 heteroatoms. The fourth-order valence-electron chi connectivity index (χ4n) is 0.596. The zero-order valence-electron chi connectivity index (χ0n) is 6.06. The third-order valence-electron chi connectivity index (χ3n) is 1.10. The Kier molecular flexibility index (Phi) is 4.89. The van der Waals surface area contributed by atoms with Gasteiger partial charge in [0.05, 0.1) is 0 Å². The molecule has 0 radical (unpaired) electrons. The summed E-state index contributed by atoms with van der Waals surface area (Å²) in [4.78, 5) is 0. The van der Waals surface area contributed by atoms with Gasteiger partial charge in [-0.2, -0.15) is 0 Å². The van der Waals surface area contributed by atoms with Crippen molar-refractivity contribution in [3.8, 4) is 0 Å². The van der Waals surface area contributed by atoms with E-state index in [9.17, 15) is 0 Å². The monoisotopic (exact) mass is 122 g/mol. The molecule has 0 nitrogen and oxygen atoms in total. The molecule has 0 fully saturated rings. The minimum atomic E-state index is 0.972. The first kappa shape index (κ1) is 8.22. The predicted molar refractivity (Wildman–Crippen MR) is 43.4 cm³/mol. The van der Waals surface area contributed by atoms with Crippen molar-refractivity contribution in [2.24, 2.45) is 0 Å². The average Bonchev–Trinajstić information content (AvgIpc) is 1.85. The third-order valence-corrected chi connectivity index (χ3v) is 1.10. The Morgan fingerprint density at radius 1 is 1.33 bits per heavy atom. The van der Waals surface area contributed by atoms with Crippen molar-refractivity contribution >= 4 is 0 Å². The highest BCUT2D eigenvalue weighted by molar-refractivity contribution is 5.04. The highest BCUT2D eigenvalue weighted by atomic mass is 13.9. The second kappa shape index (κ2) is 5.36. The summed E-state index contributed by atoms with van der Waals surface area (Å²) in [7, 11) is 0. The van der Waals surface area contributed by atoms with Crippen molar-refractivity contribution in [3.63, 3.8) is 0 Å². The van der Waals surface area contributed by atoms with Gasteiger partial charge < -0.3 is 0 Å². The maximum Gasteiger partial charge on any atom is -0.0144 e. The van der Waals surface area contributed by atoms with E-state index in [2.05, 4.69) is 26.2 Å². The Labute approximate surface area is 57.6 Å². The van der Waals surface area contributed by atoms with Crippen molar-refractivity contribution in [2.75, 3.05) is 0 Å². The van der Waals surface area contributed by atoms with E-state index < -0.39 is 0 Å². The smallest absolute Gasteiger partial charge is 0.0144 e. The molecule has 9 heavy (non-hydrogen) atoms. The molecule has 0 aromatic rings. The summed E-state index contributed by atoms with van der Waals surface area (Å²) in [5.41, 5.74) is 1.37. The molecule has 0 saturated carbocycles. The van der Waals surface area contributed by atoms with E-state index in [0.29, 0.717) is 0 Å². The molecule has 0 saturated heterocycles. The molecule has 0 bridgehead atoms. The van der Waals surface area contributed by atoms with Crippen molar-refractivity contribution in [2.45, 2.75) is 19.8 Å². The second-order valence-corrected chi connectivity index (χ2v) is 2.07. The molecule has 0 aliphatic carbocycles. The van der Waals surface area contributed by atoms with E-state index in [-0.39, 0.29) is 0 Å². The van der Waals surface area contributed by atoms with Crippen LogP contribution in [0.25, 0.3) is 0 Å². The molecule has 50 valence electrons. The average molecular weight is 122 g/mol. The van der Waals surface area contributed by atoms with Gasteiger partial charge in [-0.15, -0.1) is 13.2 Å². The summed E-state index contributed by atoms with van der Waals surface area (Å²) in [5.74, 6) is 0. The van der Waals surface area contributed by atoms with E-state index >= 15 is 0 Å². The molecule has 0 aromatic heterocycles. The molecule has 0 amide bonds. The van der Waals surface area contributed by atoms with Crippen molar-refractivity contribution in [3.05, 3.63) is 37.0 Å². The van der Waals surface area contributed by atoms with Gasteiger partial charge in [-0.25, -0.2) is 0 Å². The summed E-state index contributed by atoms with van der Waals surface area (Å²) in [5, 5.41) is 0. The zero-order chi connectivity index (χ0) is 7.11. The van der Waals surface area contributed by atoms with Gasteiger partial charge in [0.2, 0.25) is 0 Å². The molecule has 0 atom stereocenters. The number of hydrogen-bond acceptors (Lipinski definition) is 0. The normalized spacial score (nSPS) is 11.0. The molecule has 0 aromatic carbocycles. The molecular formula is C9H14. The van der Waals surface area contributed by atoms with Crippen LogP contribution in [0.5, 0.6) is 0 Å². The van der Waals surface area contributed by atoms with E-state index in [4.69, 9.17) is 0 Å². The van der Waals surface area contributed by atoms with Crippen LogP contribution < -0.4 is 0 Å². The van der Waals surface area contributed by atoms with Gasteiger partial charge in [-0.3, -0.25) is 0 Å². The summed E-state index contributed by atoms with van der Waals surface area (Å²) in [6.07, 6.45) is 7.93. The molecule has 0 unspecified atom stereocenters. The highest BCUT2D eigenvalue weighted by Gasteiger charge is 1.80. The molecule has 0 rings (SSSR count). The van der Waals surface area contributed by atoms with Gasteiger partial charge in [-0.05, 0) is 19.8 Å². The quantitative estimate of drug-likeness (QED) is 0.503. The van der Waals surface area contributed by atoms with Crippen molar-refractivity contribution in [1.82, 2.24) is 0 Å². The Balaban J connectivity index is 3.53. The third kappa shape index (κ3) is 5.09. The Morgan fingerprint density at radius 2 is 2.00 bits per heavy atom. The molecule has 0 aliphatic heterocycles. The Bertz CT molecular complexity index is 118. The fraction of sp³-hybridized carbons (Fsp3) is 0.333. The fourth-order valence-corrected chi connectivity index (χ4v) is 0.596. The first-order valence-electron chi connectivity index (χ1n) is 3.18. The first-order chi connectivity index (χ1) is 4.31. The predicted octanol–water partition coefficient (Wildman–Crippen LogP) is 3.08. The summed E-state index contributed by atoms with van der Waals surface area (Å²) in [6, 6.07) is 0. The Hall–Kier alpha value is -0.780. The molecule has 0 aliphatic rings. The van der Waals surface area contributed by atoms with Crippen molar-refractivity contribution in [1.29, 1.82) is 0 Å². The second-order valence-electron chi connectivity index (χ2n) is 2.07. The van der Waals surface area contributed by atoms with Crippen LogP contribution in [-0.2, 0) is 0 Å². The van der Waals surface area contributed by atoms with Gasteiger partial charge in [0.25, 0.3) is 0 Å². The van der Waals surface area contributed by atoms with E-state index in [1.54, 1.807) is 0 Å². The van der Waals surface area contributed by atoms with Gasteiger partial charge in [0, 0.05) is 0 Å². The molecule has 0 N–H and O–H groups in total. The van der Waals surface area contributed by atoms with Gasteiger partial charge in [-0.1, -0.05) is 23.8 Å². The van der Waals surface area contributed by atoms with Crippen molar-refractivity contribution < 1.29 is 0 Å². The number of rotatable bonds is 4. The minimum Gasteiger partial charge on any atom is -0.103 e. The maximum atomic E-state index is 3.64. The highest BCUT2D eigenvalue weighted by Crippen LogP contribution is 2.00. The first-order valence-corrected chi connectivity index (χ1v) is 3.18. The van der Waals surface area contributed by atoms with Crippen LogP contribution in [0.15, 0.2) is 37.0 Å². The molecule has 0 spiro atoms. The SMILES string of the molecule is C=CC/C=C(\C)CC=C. The van der Waals surface area contributed by atoms with Crippen LogP contribution in [0.4, 0.5) is 0 Å².